The van der Waals surface area contributed by atoms with E-state index in [0.717, 1.165) is 6.26 Å². The maximum Gasteiger partial charge on any atom is 0.262 e. The van der Waals surface area contributed by atoms with Crippen LogP contribution in [0.2, 0.25) is 0 Å². The van der Waals surface area contributed by atoms with E-state index >= 15 is 0 Å². The molecule has 2 rings (SSSR count). The Hall–Kier alpha value is -0.800. The number of piperazine rings is 1. The summed E-state index contributed by atoms with van der Waals surface area (Å²) in [6, 6.07) is -0.861. The van der Waals surface area contributed by atoms with Crippen LogP contribution in [-0.2, 0) is 14.8 Å². The zero-order valence-electron chi connectivity index (χ0n) is 10.6. The van der Waals surface area contributed by atoms with Crippen molar-refractivity contribution in [1.82, 2.24) is 14.5 Å². The van der Waals surface area contributed by atoms with Gasteiger partial charge in [-0.1, -0.05) is 0 Å². The van der Waals surface area contributed by atoms with Gasteiger partial charge in [0.15, 0.2) is 0 Å². The molecule has 9 heteroatoms. The second-order valence-electron chi connectivity index (χ2n) is 4.98. The number of sulfonamides is 1. The van der Waals surface area contributed by atoms with E-state index in [0.29, 0.717) is 0 Å². The van der Waals surface area contributed by atoms with Gasteiger partial charge in [-0.15, -0.1) is 0 Å². The van der Waals surface area contributed by atoms with E-state index in [1.54, 1.807) is 0 Å². The molecule has 0 aromatic carbocycles. The van der Waals surface area contributed by atoms with Crippen molar-refractivity contribution in [2.75, 3.05) is 39.0 Å². The van der Waals surface area contributed by atoms with Gasteiger partial charge >= 0.3 is 0 Å². The van der Waals surface area contributed by atoms with Crippen molar-refractivity contribution >= 4 is 15.9 Å². The summed E-state index contributed by atoms with van der Waals surface area (Å²) < 4.78 is 50.0. The van der Waals surface area contributed by atoms with Crippen molar-refractivity contribution in [2.45, 2.75) is 18.4 Å². The van der Waals surface area contributed by atoms with Crippen LogP contribution in [0.4, 0.5) is 8.78 Å². The lowest BCUT2D eigenvalue weighted by Gasteiger charge is -2.34. The Morgan fingerprint density at radius 3 is 2.26 bits per heavy atom. The minimum absolute atomic E-state index is 0.216. The van der Waals surface area contributed by atoms with Crippen molar-refractivity contribution in [3.05, 3.63) is 0 Å². The van der Waals surface area contributed by atoms with Crippen LogP contribution in [0.1, 0.15) is 6.42 Å². The van der Waals surface area contributed by atoms with Crippen molar-refractivity contribution in [1.29, 1.82) is 0 Å². The summed E-state index contributed by atoms with van der Waals surface area (Å²) in [7, 11) is -3.25. The molecule has 1 atom stereocenters. The third kappa shape index (κ3) is 3.40. The average Bonchev–Trinajstić information content (AvgIpc) is 2.68. The fourth-order valence-corrected chi connectivity index (χ4v) is 3.18. The van der Waals surface area contributed by atoms with Crippen molar-refractivity contribution in [2.24, 2.45) is 0 Å². The van der Waals surface area contributed by atoms with E-state index in [1.807, 2.05) is 0 Å². The third-order valence-electron chi connectivity index (χ3n) is 3.43. The first-order valence-corrected chi connectivity index (χ1v) is 7.89. The van der Waals surface area contributed by atoms with Gasteiger partial charge in [-0.25, -0.2) is 17.2 Å². The first-order valence-electron chi connectivity index (χ1n) is 6.04. The Balaban J connectivity index is 1.90. The summed E-state index contributed by atoms with van der Waals surface area (Å²) in [6.07, 6.45) is 0.627. The third-order valence-corrected chi connectivity index (χ3v) is 4.73. The number of carbonyl (C=O) groups is 1. The molecule has 6 nitrogen and oxygen atoms in total. The second kappa shape index (κ2) is 4.95. The number of alkyl halides is 2. The molecule has 19 heavy (non-hydrogen) atoms. The van der Waals surface area contributed by atoms with Crippen LogP contribution in [0.3, 0.4) is 0 Å². The predicted octanol–water partition coefficient (Wildman–Crippen LogP) is -0.913. The van der Waals surface area contributed by atoms with Gasteiger partial charge in [-0.3, -0.25) is 10.1 Å². The SMILES string of the molecule is CS(=O)(=O)N1CCN(C(=O)C2CC(F)(F)CN2)CC1. The fraction of sp³-hybridized carbons (Fsp3) is 0.900. The molecule has 0 aromatic rings. The van der Waals surface area contributed by atoms with Crippen LogP contribution in [0.25, 0.3) is 0 Å². The molecule has 0 aromatic heterocycles. The van der Waals surface area contributed by atoms with Crippen LogP contribution >= 0.6 is 0 Å². The lowest BCUT2D eigenvalue weighted by Crippen LogP contribution is -2.54. The molecule has 2 aliphatic rings. The van der Waals surface area contributed by atoms with E-state index in [9.17, 15) is 22.0 Å². The number of rotatable bonds is 2. The zero-order valence-corrected chi connectivity index (χ0v) is 11.4. The number of carbonyl (C=O) groups excluding carboxylic acids is 1. The molecule has 0 saturated carbocycles. The molecule has 2 heterocycles. The first kappa shape index (κ1) is 14.6. The maximum atomic E-state index is 13.0. The molecule has 2 fully saturated rings. The van der Waals surface area contributed by atoms with Gasteiger partial charge in [-0.05, 0) is 0 Å². The Bertz CT molecular complexity index is 461. The molecule has 2 saturated heterocycles. The second-order valence-corrected chi connectivity index (χ2v) is 6.96. The highest BCUT2D eigenvalue weighted by Gasteiger charge is 2.44. The van der Waals surface area contributed by atoms with E-state index < -0.39 is 35.0 Å². The van der Waals surface area contributed by atoms with E-state index in [4.69, 9.17) is 0 Å². The Kier molecular flexibility index (Phi) is 3.80. The van der Waals surface area contributed by atoms with E-state index in [2.05, 4.69) is 5.32 Å². The van der Waals surface area contributed by atoms with Gasteiger partial charge in [0.2, 0.25) is 15.9 Å². The summed E-state index contributed by atoms with van der Waals surface area (Å²) in [6.45, 7) is 0.444. The Labute approximate surface area is 110 Å². The van der Waals surface area contributed by atoms with Gasteiger partial charge < -0.3 is 4.90 Å². The van der Waals surface area contributed by atoms with E-state index in [1.165, 1.54) is 9.21 Å². The minimum atomic E-state index is -3.25. The van der Waals surface area contributed by atoms with Crippen LogP contribution < -0.4 is 5.32 Å². The molecule has 0 aliphatic carbocycles. The molecule has 0 radical (unpaired) electrons. The molecule has 1 unspecified atom stereocenters. The number of hydrogen-bond donors (Lipinski definition) is 1. The van der Waals surface area contributed by atoms with Crippen LogP contribution in [-0.4, -0.2) is 74.5 Å². The standard InChI is InChI=1S/C10H17F2N3O3S/c1-19(17,18)15-4-2-14(3-5-15)9(16)8-6-10(11,12)7-13-8/h8,13H,2-7H2,1H3. The molecule has 2 aliphatic heterocycles. The summed E-state index contributed by atoms with van der Waals surface area (Å²) in [5.74, 6) is -3.21. The molecule has 1 N–H and O–H groups in total. The normalized spacial score (nSPS) is 28.6. The smallest absolute Gasteiger partial charge is 0.262 e. The van der Waals surface area contributed by atoms with E-state index in [-0.39, 0.29) is 32.1 Å². The van der Waals surface area contributed by atoms with Gasteiger partial charge in [0.25, 0.3) is 5.92 Å². The lowest BCUT2D eigenvalue weighted by atomic mass is 10.1. The minimum Gasteiger partial charge on any atom is -0.339 e. The molecular formula is C10H17F2N3O3S. The van der Waals surface area contributed by atoms with Crippen LogP contribution in [0.15, 0.2) is 0 Å². The van der Waals surface area contributed by atoms with Crippen molar-refractivity contribution < 1.29 is 22.0 Å². The molecule has 0 bridgehead atoms. The first-order chi connectivity index (χ1) is 8.69. The number of halogens is 2. The average molecular weight is 297 g/mol. The highest BCUT2D eigenvalue weighted by molar-refractivity contribution is 7.88. The number of amides is 1. The number of nitrogens with one attached hydrogen (secondary N) is 1. The summed E-state index contributed by atoms with van der Waals surface area (Å²) in [5, 5.41) is 2.51. The largest absolute Gasteiger partial charge is 0.339 e. The molecule has 0 spiro atoms. The zero-order chi connectivity index (χ0) is 14.3. The Morgan fingerprint density at radius 1 is 1.26 bits per heavy atom. The molecular weight excluding hydrogens is 280 g/mol. The van der Waals surface area contributed by atoms with Crippen LogP contribution in [0, 0.1) is 0 Å². The highest BCUT2D eigenvalue weighted by atomic mass is 32.2. The van der Waals surface area contributed by atoms with Gasteiger partial charge in [0.1, 0.15) is 0 Å². The fourth-order valence-electron chi connectivity index (χ4n) is 2.35. The number of hydrogen-bond acceptors (Lipinski definition) is 4. The lowest BCUT2D eigenvalue weighted by molar-refractivity contribution is -0.134. The summed E-state index contributed by atoms with van der Waals surface area (Å²) >= 11 is 0. The Morgan fingerprint density at radius 2 is 1.84 bits per heavy atom. The molecule has 110 valence electrons. The summed E-state index contributed by atoms with van der Waals surface area (Å²) in [5.41, 5.74) is 0. The van der Waals surface area contributed by atoms with Gasteiger partial charge in [0.05, 0.1) is 18.8 Å². The highest BCUT2D eigenvalue weighted by Crippen LogP contribution is 2.26. The van der Waals surface area contributed by atoms with Crippen LogP contribution in [0.5, 0.6) is 0 Å². The van der Waals surface area contributed by atoms with Crippen molar-refractivity contribution in [3.63, 3.8) is 0 Å². The van der Waals surface area contributed by atoms with Crippen molar-refractivity contribution in [3.8, 4) is 0 Å². The number of nitrogens with zero attached hydrogens (tertiary/aromatic N) is 2. The van der Waals surface area contributed by atoms with Gasteiger partial charge in [-0.2, -0.15) is 4.31 Å². The maximum absolute atomic E-state index is 13.0. The predicted molar refractivity (Wildman–Crippen MR) is 64.4 cm³/mol. The molecule has 1 amide bonds. The van der Waals surface area contributed by atoms with Gasteiger partial charge in [0, 0.05) is 32.6 Å². The monoisotopic (exact) mass is 297 g/mol. The summed E-state index contributed by atoms with van der Waals surface area (Å²) in [4.78, 5) is 13.5. The topological polar surface area (TPSA) is 69.7 Å². The quantitative estimate of drug-likeness (QED) is 0.716.